The Bertz CT molecular complexity index is 612. The lowest BCUT2D eigenvalue weighted by Gasteiger charge is -2.19. The van der Waals surface area contributed by atoms with Crippen molar-refractivity contribution in [3.05, 3.63) is 42.0 Å². The highest BCUT2D eigenvalue weighted by atomic mass is 16.5. The third-order valence-electron chi connectivity index (χ3n) is 2.79. The molecule has 2 aromatic rings. The standard InChI is InChI=1S/C16H20N2O/c1-16(2,3)10-19-14-7-6-11-4-5-12(15(17)18)8-13(11)9-14/h4-9H,10H2,1-3H3,(H3,17,18). The van der Waals surface area contributed by atoms with Crippen molar-refractivity contribution in [2.45, 2.75) is 20.8 Å². The Morgan fingerprint density at radius 1 is 1.11 bits per heavy atom. The smallest absolute Gasteiger partial charge is 0.122 e. The average molecular weight is 256 g/mol. The highest BCUT2D eigenvalue weighted by Gasteiger charge is 2.11. The number of ether oxygens (including phenoxy) is 1. The van der Waals surface area contributed by atoms with Gasteiger partial charge in [-0.15, -0.1) is 0 Å². The van der Waals surface area contributed by atoms with Crippen LogP contribution >= 0.6 is 0 Å². The zero-order chi connectivity index (χ0) is 14.0. The van der Waals surface area contributed by atoms with Gasteiger partial charge in [-0.2, -0.15) is 0 Å². The molecule has 2 aromatic carbocycles. The number of hydrogen-bond acceptors (Lipinski definition) is 2. The van der Waals surface area contributed by atoms with E-state index >= 15 is 0 Å². The van der Waals surface area contributed by atoms with Crippen molar-refractivity contribution in [3.8, 4) is 5.75 Å². The second kappa shape index (κ2) is 4.92. The van der Waals surface area contributed by atoms with Crippen molar-refractivity contribution in [2.75, 3.05) is 6.61 Å². The highest BCUT2D eigenvalue weighted by molar-refractivity contribution is 5.99. The van der Waals surface area contributed by atoms with Crippen LogP contribution in [0.3, 0.4) is 0 Å². The highest BCUT2D eigenvalue weighted by Crippen LogP contribution is 2.24. The molecule has 0 fully saturated rings. The molecule has 3 N–H and O–H groups in total. The third-order valence-corrected chi connectivity index (χ3v) is 2.79. The summed E-state index contributed by atoms with van der Waals surface area (Å²) in [6.45, 7) is 7.09. The molecule has 19 heavy (non-hydrogen) atoms. The predicted molar refractivity (Wildman–Crippen MR) is 79.9 cm³/mol. The van der Waals surface area contributed by atoms with Crippen molar-refractivity contribution in [1.29, 1.82) is 5.41 Å². The fraction of sp³-hybridized carbons (Fsp3) is 0.312. The summed E-state index contributed by atoms with van der Waals surface area (Å²) in [5.74, 6) is 0.936. The molecule has 0 aliphatic heterocycles. The lowest BCUT2D eigenvalue weighted by molar-refractivity contribution is 0.198. The van der Waals surface area contributed by atoms with Gasteiger partial charge in [0.2, 0.25) is 0 Å². The Hall–Kier alpha value is -2.03. The predicted octanol–water partition coefficient (Wildman–Crippen LogP) is 3.55. The monoisotopic (exact) mass is 256 g/mol. The summed E-state index contributed by atoms with van der Waals surface area (Å²) in [6, 6.07) is 11.7. The average Bonchev–Trinajstić information content (AvgIpc) is 2.34. The molecule has 0 unspecified atom stereocenters. The zero-order valence-electron chi connectivity index (χ0n) is 11.7. The van der Waals surface area contributed by atoms with Crippen LogP contribution in [0.1, 0.15) is 26.3 Å². The first-order valence-electron chi connectivity index (χ1n) is 6.36. The van der Waals surface area contributed by atoms with Crippen LogP contribution in [0, 0.1) is 10.8 Å². The van der Waals surface area contributed by atoms with Gasteiger partial charge in [0.1, 0.15) is 11.6 Å². The van der Waals surface area contributed by atoms with Crippen molar-refractivity contribution >= 4 is 16.6 Å². The van der Waals surface area contributed by atoms with Gasteiger partial charge in [0.15, 0.2) is 0 Å². The Morgan fingerprint density at radius 3 is 2.42 bits per heavy atom. The van der Waals surface area contributed by atoms with E-state index in [1.807, 2.05) is 36.4 Å². The van der Waals surface area contributed by atoms with Crippen LogP contribution in [0.2, 0.25) is 0 Å². The molecule has 0 radical (unpaired) electrons. The molecule has 0 aliphatic carbocycles. The summed E-state index contributed by atoms with van der Waals surface area (Å²) >= 11 is 0. The van der Waals surface area contributed by atoms with Gasteiger partial charge in [-0.1, -0.05) is 39.0 Å². The first-order chi connectivity index (χ1) is 8.85. The molecule has 100 valence electrons. The van der Waals surface area contributed by atoms with Gasteiger partial charge in [0, 0.05) is 5.56 Å². The minimum absolute atomic E-state index is 0.0860. The number of benzene rings is 2. The van der Waals surface area contributed by atoms with Crippen LogP contribution < -0.4 is 10.5 Å². The van der Waals surface area contributed by atoms with Crippen LogP contribution in [-0.2, 0) is 0 Å². The maximum atomic E-state index is 7.47. The normalized spacial score (nSPS) is 11.5. The zero-order valence-corrected chi connectivity index (χ0v) is 11.7. The molecular formula is C16H20N2O. The molecular weight excluding hydrogens is 236 g/mol. The van der Waals surface area contributed by atoms with Gasteiger partial charge in [0.25, 0.3) is 0 Å². The van der Waals surface area contributed by atoms with E-state index in [9.17, 15) is 0 Å². The minimum Gasteiger partial charge on any atom is -0.493 e. The molecule has 0 aliphatic rings. The molecule has 3 heteroatoms. The van der Waals surface area contributed by atoms with Crippen LogP contribution in [-0.4, -0.2) is 12.4 Å². The summed E-state index contributed by atoms with van der Waals surface area (Å²) in [7, 11) is 0. The molecule has 0 atom stereocenters. The van der Waals surface area contributed by atoms with E-state index in [1.54, 1.807) is 0 Å². The van der Waals surface area contributed by atoms with Gasteiger partial charge in [-0.05, 0) is 34.4 Å². The number of nitrogens with two attached hydrogens (primary N) is 1. The molecule has 0 bridgehead atoms. The van der Waals surface area contributed by atoms with Crippen LogP contribution in [0.4, 0.5) is 0 Å². The van der Waals surface area contributed by atoms with E-state index in [2.05, 4.69) is 20.8 Å². The largest absolute Gasteiger partial charge is 0.493 e. The van der Waals surface area contributed by atoms with Gasteiger partial charge < -0.3 is 10.5 Å². The quantitative estimate of drug-likeness (QED) is 0.651. The third kappa shape index (κ3) is 3.47. The Kier molecular flexibility index (Phi) is 3.47. The van der Waals surface area contributed by atoms with Crippen LogP contribution in [0.15, 0.2) is 36.4 Å². The topological polar surface area (TPSA) is 59.1 Å². The Balaban J connectivity index is 2.30. The fourth-order valence-corrected chi connectivity index (χ4v) is 1.78. The summed E-state index contributed by atoms with van der Waals surface area (Å²) in [5.41, 5.74) is 6.38. The van der Waals surface area contributed by atoms with E-state index < -0.39 is 0 Å². The Labute approximate surface area is 113 Å². The summed E-state index contributed by atoms with van der Waals surface area (Å²) in [5, 5.41) is 9.63. The number of rotatable bonds is 3. The van der Waals surface area contributed by atoms with E-state index in [0.29, 0.717) is 6.61 Å². The molecule has 2 rings (SSSR count). The van der Waals surface area contributed by atoms with Crippen molar-refractivity contribution in [3.63, 3.8) is 0 Å². The lowest BCUT2D eigenvalue weighted by atomic mass is 9.98. The molecule has 0 heterocycles. The van der Waals surface area contributed by atoms with Crippen LogP contribution in [0.25, 0.3) is 10.8 Å². The summed E-state index contributed by atoms with van der Waals surface area (Å²) < 4.78 is 5.79. The maximum Gasteiger partial charge on any atom is 0.122 e. The lowest BCUT2D eigenvalue weighted by Crippen LogP contribution is -2.16. The van der Waals surface area contributed by atoms with E-state index in [1.165, 1.54) is 0 Å². The molecule has 0 amide bonds. The second-order valence-corrected chi connectivity index (χ2v) is 5.99. The number of amidine groups is 1. The van der Waals surface area contributed by atoms with E-state index in [0.717, 1.165) is 22.1 Å². The molecule has 0 aromatic heterocycles. The van der Waals surface area contributed by atoms with E-state index in [4.69, 9.17) is 15.9 Å². The van der Waals surface area contributed by atoms with Crippen LogP contribution in [0.5, 0.6) is 5.75 Å². The van der Waals surface area contributed by atoms with Gasteiger partial charge >= 0.3 is 0 Å². The molecule has 0 spiro atoms. The minimum atomic E-state index is 0.0860. The van der Waals surface area contributed by atoms with Gasteiger partial charge in [-0.3, -0.25) is 5.41 Å². The molecule has 3 nitrogen and oxygen atoms in total. The number of nitrogens with one attached hydrogen (secondary N) is 1. The van der Waals surface area contributed by atoms with Gasteiger partial charge in [-0.25, -0.2) is 0 Å². The molecule has 0 saturated heterocycles. The SMILES string of the molecule is CC(C)(C)COc1ccc2ccc(C(=N)N)cc2c1. The Morgan fingerprint density at radius 2 is 1.79 bits per heavy atom. The van der Waals surface area contributed by atoms with Crippen molar-refractivity contribution in [2.24, 2.45) is 11.1 Å². The van der Waals surface area contributed by atoms with Crippen molar-refractivity contribution < 1.29 is 4.74 Å². The maximum absolute atomic E-state index is 7.47. The number of fused-ring (bicyclic) bond motifs is 1. The van der Waals surface area contributed by atoms with Gasteiger partial charge in [0.05, 0.1) is 6.61 Å². The number of hydrogen-bond donors (Lipinski definition) is 2. The fourth-order valence-electron chi connectivity index (χ4n) is 1.78. The second-order valence-electron chi connectivity index (χ2n) is 5.99. The molecule has 0 saturated carbocycles. The first kappa shape index (κ1) is 13.4. The summed E-state index contributed by atoms with van der Waals surface area (Å²) in [4.78, 5) is 0. The van der Waals surface area contributed by atoms with E-state index in [-0.39, 0.29) is 11.3 Å². The summed E-state index contributed by atoms with van der Waals surface area (Å²) in [6.07, 6.45) is 0. The van der Waals surface area contributed by atoms with Crippen molar-refractivity contribution in [1.82, 2.24) is 0 Å². The first-order valence-corrected chi connectivity index (χ1v) is 6.36. The number of nitrogen functional groups attached to an aromatic ring is 1.